The second kappa shape index (κ2) is 10.9. The predicted molar refractivity (Wildman–Crippen MR) is 136 cm³/mol. The van der Waals surface area contributed by atoms with Gasteiger partial charge in [-0.15, -0.1) is 0 Å². The first-order chi connectivity index (χ1) is 18.0. The van der Waals surface area contributed by atoms with Crippen LogP contribution >= 0.6 is 0 Å². The summed E-state index contributed by atoms with van der Waals surface area (Å²) in [5.74, 6) is 0.607. The van der Waals surface area contributed by atoms with Crippen molar-refractivity contribution in [2.24, 2.45) is 11.1 Å². The highest BCUT2D eigenvalue weighted by molar-refractivity contribution is 5.82. The Morgan fingerprint density at radius 1 is 1.16 bits per heavy atom. The van der Waals surface area contributed by atoms with E-state index in [9.17, 15) is 9.18 Å². The van der Waals surface area contributed by atoms with Crippen molar-refractivity contribution >= 4 is 11.9 Å². The maximum atomic E-state index is 13.7. The Bertz CT molecular complexity index is 1220. The van der Waals surface area contributed by atoms with E-state index in [-0.39, 0.29) is 24.9 Å². The van der Waals surface area contributed by atoms with Crippen molar-refractivity contribution in [2.45, 2.75) is 32.5 Å². The maximum absolute atomic E-state index is 13.7. The smallest absolute Gasteiger partial charge is 0.230 e. The van der Waals surface area contributed by atoms with E-state index in [0.29, 0.717) is 41.9 Å². The lowest BCUT2D eigenvalue weighted by Gasteiger charge is -2.35. The minimum atomic E-state index is -0.836. The molecular weight excluding hydrogens is 477 g/mol. The molecule has 2 aliphatic rings. The van der Waals surface area contributed by atoms with Gasteiger partial charge in [-0.2, -0.15) is 0 Å². The van der Waals surface area contributed by atoms with Gasteiger partial charge in [0.2, 0.25) is 18.1 Å². The monoisotopic (exact) mass is 509 g/mol. The SMILES string of the molecule is CC1(C(=O)NCCN)COC(c2nc(-c3ccc(F)cc3)c(-c3ccnc(N4CCCCC4)n3)[nH]2)OC1. The summed E-state index contributed by atoms with van der Waals surface area (Å²) in [4.78, 5) is 32.1. The number of anilines is 1. The number of nitrogens with one attached hydrogen (secondary N) is 2. The second-order valence-electron chi connectivity index (χ2n) is 9.70. The highest BCUT2D eigenvalue weighted by Crippen LogP contribution is 2.35. The number of carbonyl (C=O) groups is 1. The normalized spacial score (nSPS) is 22.1. The molecule has 0 atom stereocenters. The molecule has 11 heteroatoms. The fraction of sp³-hybridized carbons (Fsp3) is 0.462. The molecular formula is C26H32FN7O3. The van der Waals surface area contributed by atoms with E-state index in [1.807, 2.05) is 6.07 Å². The van der Waals surface area contributed by atoms with Crippen molar-refractivity contribution in [1.82, 2.24) is 25.3 Å². The lowest BCUT2D eigenvalue weighted by molar-refractivity contribution is -0.231. The van der Waals surface area contributed by atoms with Gasteiger partial charge in [-0.1, -0.05) is 0 Å². The van der Waals surface area contributed by atoms with Crippen LogP contribution in [0.4, 0.5) is 10.3 Å². The van der Waals surface area contributed by atoms with E-state index < -0.39 is 11.7 Å². The molecule has 5 rings (SSSR count). The van der Waals surface area contributed by atoms with Gasteiger partial charge in [-0.25, -0.2) is 19.3 Å². The van der Waals surface area contributed by atoms with Gasteiger partial charge in [0.25, 0.3) is 0 Å². The molecule has 4 heterocycles. The maximum Gasteiger partial charge on any atom is 0.230 e. The minimum Gasteiger partial charge on any atom is -0.354 e. The third-order valence-electron chi connectivity index (χ3n) is 6.69. The van der Waals surface area contributed by atoms with Gasteiger partial charge < -0.3 is 30.4 Å². The number of nitrogens with zero attached hydrogens (tertiary/aromatic N) is 4. The summed E-state index contributed by atoms with van der Waals surface area (Å²) < 4.78 is 25.6. The Morgan fingerprint density at radius 2 is 1.89 bits per heavy atom. The summed E-state index contributed by atoms with van der Waals surface area (Å²) in [6.45, 7) is 4.68. The molecule has 196 valence electrons. The molecule has 0 unspecified atom stereocenters. The highest BCUT2D eigenvalue weighted by atomic mass is 19.1. The summed E-state index contributed by atoms with van der Waals surface area (Å²) >= 11 is 0. The fourth-order valence-electron chi connectivity index (χ4n) is 4.54. The first-order valence-corrected chi connectivity index (χ1v) is 12.6. The number of hydrogen-bond donors (Lipinski definition) is 3. The number of aromatic amines is 1. The second-order valence-corrected chi connectivity index (χ2v) is 9.70. The number of hydrogen-bond acceptors (Lipinski definition) is 8. The van der Waals surface area contributed by atoms with Crippen molar-refractivity contribution in [2.75, 3.05) is 44.3 Å². The van der Waals surface area contributed by atoms with E-state index in [2.05, 4.69) is 20.2 Å². The number of carbonyl (C=O) groups excluding carboxylic acids is 1. The Kier molecular flexibility index (Phi) is 7.45. The van der Waals surface area contributed by atoms with Gasteiger partial charge in [0.05, 0.1) is 35.7 Å². The summed E-state index contributed by atoms with van der Waals surface area (Å²) in [6.07, 6.45) is 4.38. The van der Waals surface area contributed by atoms with Crippen LogP contribution < -0.4 is 16.0 Å². The number of benzene rings is 1. The molecule has 0 aliphatic carbocycles. The number of amides is 1. The third-order valence-corrected chi connectivity index (χ3v) is 6.69. The van der Waals surface area contributed by atoms with Gasteiger partial charge in [0, 0.05) is 37.9 Å². The van der Waals surface area contributed by atoms with Crippen LogP contribution in [0.25, 0.3) is 22.6 Å². The molecule has 2 saturated heterocycles. The molecule has 10 nitrogen and oxygen atoms in total. The van der Waals surface area contributed by atoms with E-state index in [1.165, 1.54) is 18.6 Å². The fourth-order valence-corrected chi connectivity index (χ4v) is 4.54. The van der Waals surface area contributed by atoms with Gasteiger partial charge in [0.1, 0.15) is 5.82 Å². The van der Waals surface area contributed by atoms with Crippen LogP contribution in [0.3, 0.4) is 0 Å². The molecule has 2 aliphatic heterocycles. The zero-order chi connectivity index (χ0) is 25.8. The van der Waals surface area contributed by atoms with Crippen LogP contribution in [0.15, 0.2) is 36.5 Å². The molecule has 3 aromatic rings. The van der Waals surface area contributed by atoms with Gasteiger partial charge in [0.15, 0.2) is 5.82 Å². The van der Waals surface area contributed by atoms with E-state index in [1.54, 1.807) is 25.3 Å². The number of piperidine rings is 1. The van der Waals surface area contributed by atoms with Crippen LogP contribution in [0.2, 0.25) is 0 Å². The number of nitrogens with two attached hydrogens (primary N) is 1. The zero-order valence-electron chi connectivity index (χ0n) is 20.9. The largest absolute Gasteiger partial charge is 0.354 e. The average Bonchev–Trinajstić information content (AvgIpc) is 3.38. The van der Waals surface area contributed by atoms with Crippen LogP contribution in [-0.4, -0.2) is 65.2 Å². The summed E-state index contributed by atoms with van der Waals surface area (Å²) in [7, 11) is 0. The first kappa shape index (κ1) is 25.2. The van der Waals surface area contributed by atoms with E-state index in [4.69, 9.17) is 25.2 Å². The molecule has 37 heavy (non-hydrogen) atoms. The van der Waals surface area contributed by atoms with Crippen LogP contribution in [0.5, 0.6) is 0 Å². The zero-order valence-corrected chi connectivity index (χ0v) is 20.9. The minimum absolute atomic E-state index is 0.155. The summed E-state index contributed by atoms with van der Waals surface area (Å²) in [6, 6.07) is 7.95. The number of imidazole rings is 1. The number of ether oxygens (including phenoxy) is 2. The number of aromatic nitrogens is 4. The molecule has 4 N–H and O–H groups in total. The number of halogens is 1. The van der Waals surface area contributed by atoms with Crippen molar-refractivity contribution < 1.29 is 18.7 Å². The lowest BCUT2D eigenvalue weighted by atomic mass is 9.91. The van der Waals surface area contributed by atoms with Crippen molar-refractivity contribution in [3.8, 4) is 22.6 Å². The summed E-state index contributed by atoms with van der Waals surface area (Å²) in [5, 5.41) is 2.79. The quantitative estimate of drug-likeness (QED) is 0.443. The summed E-state index contributed by atoms with van der Waals surface area (Å²) in [5.41, 5.74) is 7.30. The number of rotatable bonds is 7. The Morgan fingerprint density at radius 3 is 2.59 bits per heavy atom. The predicted octanol–water partition coefficient (Wildman–Crippen LogP) is 2.79. The molecule has 0 radical (unpaired) electrons. The third kappa shape index (κ3) is 5.48. The van der Waals surface area contributed by atoms with Crippen LogP contribution in [-0.2, 0) is 14.3 Å². The Labute approximate surface area is 214 Å². The average molecular weight is 510 g/mol. The molecule has 0 spiro atoms. The number of H-pyrrole nitrogens is 1. The molecule has 2 aromatic heterocycles. The topological polar surface area (TPSA) is 131 Å². The van der Waals surface area contributed by atoms with Crippen LogP contribution in [0, 0.1) is 11.2 Å². The molecule has 2 fully saturated rings. The van der Waals surface area contributed by atoms with Crippen molar-refractivity contribution in [1.29, 1.82) is 0 Å². The Hall–Kier alpha value is -3.41. The first-order valence-electron chi connectivity index (χ1n) is 12.6. The Balaban J connectivity index is 1.44. The van der Waals surface area contributed by atoms with Crippen molar-refractivity contribution in [3.05, 3.63) is 48.2 Å². The van der Waals surface area contributed by atoms with Gasteiger partial charge in [-0.3, -0.25) is 4.79 Å². The van der Waals surface area contributed by atoms with E-state index >= 15 is 0 Å². The standard InChI is InChI=1S/C26H32FN7O3/c1-26(24(35)29-12-10-28)15-36-23(37-16-26)22-32-20(17-5-7-18(27)8-6-17)21(33-22)19-9-11-30-25(31-19)34-13-3-2-4-14-34/h5-9,11,23H,2-4,10,12-16,28H2,1H3,(H,29,35)(H,32,33). The molecule has 0 saturated carbocycles. The van der Waals surface area contributed by atoms with Gasteiger partial charge in [-0.05, 0) is 56.5 Å². The van der Waals surface area contributed by atoms with E-state index in [0.717, 1.165) is 31.5 Å². The van der Waals surface area contributed by atoms with Crippen molar-refractivity contribution in [3.63, 3.8) is 0 Å². The lowest BCUT2D eigenvalue weighted by Crippen LogP contribution is -2.49. The molecule has 0 bridgehead atoms. The van der Waals surface area contributed by atoms with Gasteiger partial charge >= 0.3 is 0 Å². The molecule has 1 aromatic carbocycles. The highest BCUT2D eigenvalue weighted by Gasteiger charge is 2.40. The van der Waals surface area contributed by atoms with Crippen LogP contribution in [0.1, 0.15) is 38.3 Å². The molecule has 1 amide bonds.